The summed E-state index contributed by atoms with van der Waals surface area (Å²) in [5.74, 6) is 0. The molecule has 0 aromatic carbocycles. The highest BCUT2D eigenvalue weighted by Crippen LogP contribution is 2.49. The lowest BCUT2D eigenvalue weighted by molar-refractivity contribution is 0.418. The number of hydrogen-bond donors (Lipinski definition) is 0. The molecular formula is C36H74N2Si2. The lowest BCUT2D eigenvalue weighted by atomic mass is 10.1. The number of nitrogens with zero attached hydrogens (tertiary/aromatic N) is 2. The van der Waals surface area contributed by atoms with Gasteiger partial charge in [0, 0.05) is 22.8 Å². The Balaban J connectivity index is 4.11. The van der Waals surface area contributed by atoms with Gasteiger partial charge in [-0.3, -0.25) is 0 Å². The molecule has 1 rings (SSSR count). The first kappa shape index (κ1) is 37.5. The molecule has 1 aliphatic heterocycles. The quantitative estimate of drug-likeness (QED) is 0.103. The van der Waals surface area contributed by atoms with Crippen molar-refractivity contribution in [1.29, 1.82) is 0 Å². The van der Waals surface area contributed by atoms with Crippen LogP contribution in [0.5, 0.6) is 0 Å². The van der Waals surface area contributed by atoms with Gasteiger partial charge in [0.2, 0.25) is 0 Å². The normalized spacial score (nSPS) is 15.2. The second-order valence-corrected chi connectivity index (χ2v) is 21.7. The van der Waals surface area contributed by atoms with Gasteiger partial charge in [0.05, 0.1) is 0 Å². The Kier molecular flexibility index (Phi) is 19.2. The first-order valence-corrected chi connectivity index (χ1v) is 23.6. The van der Waals surface area contributed by atoms with Gasteiger partial charge in [0.15, 0.2) is 16.5 Å². The van der Waals surface area contributed by atoms with Crippen molar-refractivity contribution >= 4 is 16.5 Å². The van der Waals surface area contributed by atoms with Crippen LogP contribution in [0.3, 0.4) is 0 Å². The van der Waals surface area contributed by atoms with Gasteiger partial charge in [0.1, 0.15) is 0 Å². The summed E-state index contributed by atoms with van der Waals surface area (Å²) in [6.07, 6.45) is 21.4. The average molecular weight is 591 g/mol. The second-order valence-electron chi connectivity index (χ2n) is 12.9. The highest BCUT2D eigenvalue weighted by molar-refractivity contribution is 6.79. The van der Waals surface area contributed by atoms with Crippen molar-refractivity contribution in [2.75, 3.05) is 0 Å². The van der Waals surface area contributed by atoms with Gasteiger partial charge >= 0.3 is 0 Å². The lowest BCUT2D eigenvalue weighted by Crippen LogP contribution is -2.60. The third kappa shape index (κ3) is 9.25. The predicted octanol–water partition coefficient (Wildman–Crippen LogP) is 13.4. The molecule has 2 nitrogen and oxygen atoms in total. The van der Waals surface area contributed by atoms with Crippen molar-refractivity contribution in [3.63, 3.8) is 0 Å². The fourth-order valence-electron chi connectivity index (χ4n) is 7.89. The zero-order chi connectivity index (χ0) is 30.0. The van der Waals surface area contributed by atoms with E-state index in [1.54, 1.807) is 22.8 Å². The summed E-state index contributed by atoms with van der Waals surface area (Å²) in [7, 11) is -3.40. The van der Waals surface area contributed by atoms with Crippen LogP contribution in [-0.4, -0.2) is 25.6 Å². The van der Waals surface area contributed by atoms with Crippen molar-refractivity contribution in [3.8, 4) is 0 Å². The van der Waals surface area contributed by atoms with Crippen molar-refractivity contribution < 1.29 is 0 Å². The zero-order valence-electron chi connectivity index (χ0n) is 29.5. The molecule has 1 heterocycles. The van der Waals surface area contributed by atoms with Crippen molar-refractivity contribution in [3.05, 3.63) is 22.8 Å². The summed E-state index contributed by atoms with van der Waals surface area (Å²) < 4.78 is 6.42. The molecule has 0 amide bonds. The van der Waals surface area contributed by atoms with Crippen LogP contribution in [-0.2, 0) is 0 Å². The second kappa shape index (κ2) is 20.4. The van der Waals surface area contributed by atoms with E-state index >= 15 is 0 Å². The molecule has 1 aliphatic rings. The Morgan fingerprint density at radius 3 is 0.625 bits per heavy atom. The molecule has 4 heteroatoms. The van der Waals surface area contributed by atoms with Crippen LogP contribution in [0, 0.1) is 0 Å². The van der Waals surface area contributed by atoms with E-state index < -0.39 is 16.5 Å². The largest absolute Gasteiger partial charge is 0.372 e. The van der Waals surface area contributed by atoms with Gasteiger partial charge in [-0.05, 0) is 61.9 Å². The van der Waals surface area contributed by atoms with Crippen molar-refractivity contribution in [1.82, 2.24) is 9.13 Å². The van der Waals surface area contributed by atoms with E-state index in [-0.39, 0.29) is 0 Å². The Labute approximate surface area is 256 Å². The maximum Gasteiger partial charge on any atom is 0.162 e. The molecule has 0 aromatic heterocycles. The third-order valence-corrected chi connectivity index (χ3v) is 20.7. The summed E-state index contributed by atoms with van der Waals surface area (Å²) >= 11 is 0. The average Bonchev–Trinajstić information content (AvgIpc) is 2.99. The van der Waals surface area contributed by atoms with Crippen molar-refractivity contribution in [2.45, 2.75) is 208 Å². The van der Waals surface area contributed by atoms with Crippen LogP contribution in [0.25, 0.3) is 0 Å². The van der Waals surface area contributed by atoms with Crippen molar-refractivity contribution in [2.24, 2.45) is 0 Å². The van der Waals surface area contributed by atoms with Crippen LogP contribution in [0.15, 0.2) is 22.8 Å². The molecule has 0 atom stereocenters. The minimum absolute atomic E-state index is 1.21. The monoisotopic (exact) mass is 591 g/mol. The highest BCUT2D eigenvalue weighted by atomic mass is 28.3. The van der Waals surface area contributed by atoms with Gasteiger partial charge < -0.3 is 9.13 Å². The third-order valence-electron chi connectivity index (χ3n) is 10.0. The first-order chi connectivity index (χ1) is 19.4. The molecule has 0 saturated carbocycles. The van der Waals surface area contributed by atoms with Gasteiger partial charge in [-0.25, -0.2) is 0 Å². The van der Waals surface area contributed by atoms with E-state index in [4.69, 9.17) is 0 Å². The van der Waals surface area contributed by atoms with E-state index in [2.05, 4.69) is 78.4 Å². The molecule has 0 aromatic rings. The van der Waals surface area contributed by atoms with Crippen LogP contribution in [0.1, 0.15) is 172 Å². The predicted molar refractivity (Wildman–Crippen MR) is 189 cm³/mol. The molecular weight excluding hydrogens is 517 g/mol. The fraction of sp³-hybridized carbons (Fsp3) is 0.889. The topological polar surface area (TPSA) is 6.48 Å². The van der Waals surface area contributed by atoms with Crippen LogP contribution in [0.4, 0.5) is 0 Å². The smallest absolute Gasteiger partial charge is 0.162 e. The molecule has 0 N–H and O–H groups in total. The lowest BCUT2D eigenvalue weighted by Gasteiger charge is -2.57. The molecule has 0 spiro atoms. The van der Waals surface area contributed by atoms with Gasteiger partial charge in [0.25, 0.3) is 0 Å². The molecule has 0 radical (unpaired) electrons. The Morgan fingerprint density at radius 2 is 0.500 bits per heavy atom. The van der Waals surface area contributed by atoms with Gasteiger partial charge in [-0.2, -0.15) is 0 Å². The minimum Gasteiger partial charge on any atom is -0.372 e. The Bertz CT molecular complexity index is 608. The van der Waals surface area contributed by atoms with Crippen LogP contribution < -0.4 is 0 Å². The summed E-state index contributed by atoms with van der Waals surface area (Å²) in [6, 6.07) is 8.97. The van der Waals surface area contributed by atoms with Crippen LogP contribution in [0.2, 0.25) is 36.3 Å². The maximum atomic E-state index is 3.21. The summed E-state index contributed by atoms with van der Waals surface area (Å²) in [6.45, 7) is 24.6. The number of unbranched alkanes of at least 4 members (excludes halogenated alkanes) is 6. The van der Waals surface area contributed by atoms with Gasteiger partial charge in [-0.1, -0.05) is 146 Å². The Morgan fingerprint density at radius 1 is 0.325 bits per heavy atom. The highest BCUT2D eigenvalue weighted by Gasteiger charge is 2.48. The SMILES string of the molecule is CCCC[Si](CCCC)(CCCC)N1C(CC)=C(CC)N([Si](CCCC)(CCCC)CCCC)C(CC)=C1CC. The molecule has 236 valence electrons. The molecule has 0 saturated heterocycles. The Hall–Kier alpha value is -0.486. The maximum absolute atomic E-state index is 3.21. The standard InChI is InChI=1S/C36H74N2Si2/c1-11-21-27-39(28-22-12-2,29-23-13-3)37-33(17-7)35(19-9)38(36(20-10)34(37)18-8)40(30-24-14-4,31-25-15-5)32-26-16-6/h11-32H2,1-10H3. The van der Waals surface area contributed by atoms with Crippen LogP contribution >= 0.6 is 0 Å². The number of allylic oxidation sites excluding steroid dienone is 4. The molecule has 40 heavy (non-hydrogen) atoms. The molecule has 0 aliphatic carbocycles. The van der Waals surface area contributed by atoms with Gasteiger partial charge in [-0.15, -0.1) is 0 Å². The number of rotatable bonds is 24. The van der Waals surface area contributed by atoms with E-state index in [0.29, 0.717) is 0 Å². The van der Waals surface area contributed by atoms with E-state index in [0.717, 1.165) is 0 Å². The molecule has 0 bridgehead atoms. The van der Waals surface area contributed by atoms with E-state index in [1.165, 1.54) is 139 Å². The summed E-state index contributed by atoms with van der Waals surface area (Å²) in [5, 5.41) is 0. The first-order valence-electron chi connectivity index (χ1n) is 18.4. The zero-order valence-corrected chi connectivity index (χ0v) is 31.5. The fourth-order valence-corrected chi connectivity index (χ4v) is 20.2. The van der Waals surface area contributed by atoms with E-state index in [9.17, 15) is 0 Å². The summed E-state index contributed by atoms with van der Waals surface area (Å²) in [4.78, 5) is 0. The molecule has 0 fully saturated rings. The number of hydrogen-bond acceptors (Lipinski definition) is 2. The minimum atomic E-state index is -1.70. The van der Waals surface area contributed by atoms with E-state index in [1.807, 2.05) is 0 Å². The summed E-state index contributed by atoms with van der Waals surface area (Å²) in [5.41, 5.74) is 7.14. The molecule has 0 unspecified atom stereocenters.